The van der Waals surface area contributed by atoms with Gasteiger partial charge in [0.25, 0.3) is 0 Å². The topological polar surface area (TPSA) is 110 Å². The van der Waals surface area contributed by atoms with Crippen molar-refractivity contribution in [2.45, 2.75) is 19.3 Å². The summed E-state index contributed by atoms with van der Waals surface area (Å²) in [6.07, 6.45) is 3.60. The molecule has 8 heteroatoms. The summed E-state index contributed by atoms with van der Waals surface area (Å²) in [5, 5.41) is 10.7. The van der Waals surface area contributed by atoms with Crippen LogP contribution in [-0.4, -0.2) is 32.6 Å². The van der Waals surface area contributed by atoms with Gasteiger partial charge in [-0.1, -0.05) is 0 Å². The van der Waals surface area contributed by atoms with E-state index >= 15 is 0 Å². The third-order valence-electron chi connectivity index (χ3n) is 2.42. The number of halogens is 1. The molecule has 2 heterocycles. The van der Waals surface area contributed by atoms with Gasteiger partial charge in [-0.15, -0.1) is 0 Å². The number of nitrogens with two attached hydrogens (primary N) is 1. The zero-order valence-electron chi connectivity index (χ0n) is 9.61. The first-order valence-corrected chi connectivity index (χ1v) is 5.93. The highest BCUT2D eigenvalue weighted by atomic mass is 35.5. The summed E-state index contributed by atoms with van der Waals surface area (Å²) >= 11 is 5.79. The van der Waals surface area contributed by atoms with Crippen molar-refractivity contribution in [1.82, 2.24) is 20.2 Å². The number of H-pyrrole nitrogens is 1. The maximum absolute atomic E-state index is 10.6. The monoisotopic (exact) mass is 268 g/mol. The molecule has 7 nitrogen and oxygen atoms in total. The zero-order valence-corrected chi connectivity index (χ0v) is 10.4. The number of carbonyl (C=O) groups excluding carboxylic acids is 1. The van der Waals surface area contributed by atoms with E-state index in [1.54, 1.807) is 6.20 Å². The lowest BCUT2D eigenvalue weighted by atomic mass is 10.2. The third kappa shape index (κ3) is 3.07. The fourth-order valence-corrected chi connectivity index (χ4v) is 1.74. The Kier molecular flexibility index (Phi) is 3.93. The van der Waals surface area contributed by atoms with Gasteiger partial charge in [-0.2, -0.15) is 15.1 Å². The van der Waals surface area contributed by atoms with Crippen LogP contribution in [0, 0.1) is 0 Å². The molecule has 4 N–H and O–H groups in total. The van der Waals surface area contributed by atoms with Gasteiger partial charge in [-0.05, 0) is 24.4 Å². The van der Waals surface area contributed by atoms with Crippen LogP contribution >= 0.6 is 11.6 Å². The predicted octanol–water partition coefficient (Wildman–Crippen LogP) is 1.07. The van der Waals surface area contributed by atoms with Crippen molar-refractivity contribution in [2.75, 3.05) is 11.9 Å². The number of fused-ring (bicyclic) bond motifs is 1. The molecule has 2 aromatic heterocycles. The van der Waals surface area contributed by atoms with Gasteiger partial charge >= 0.3 is 0 Å². The van der Waals surface area contributed by atoms with Gasteiger partial charge in [0.15, 0.2) is 5.65 Å². The van der Waals surface area contributed by atoms with E-state index in [2.05, 4.69) is 25.5 Å². The van der Waals surface area contributed by atoms with Crippen LogP contribution in [0.4, 0.5) is 5.82 Å². The van der Waals surface area contributed by atoms with Crippen molar-refractivity contribution in [2.24, 2.45) is 5.73 Å². The number of unbranched alkanes of at least 4 members (excludes halogenated alkanes) is 1. The molecule has 0 bridgehead atoms. The van der Waals surface area contributed by atoms with Crippen LogP contribution in [0.1, 0.15) is 19.3 Å². The van der Waals surface area contributed by atoms with Gasteiger partial charge in [0.05, 0.1) is 11.6 Å². The molecule has 0 atom stereocenters. The fourth-order valence-electron chi connectivity index (χ4n) is 1.57. The highest BCUT2D eigenvalue weighted by Crippen LogP contribution is 2.19. The van der Waals surface area contributed by atoms with Crippen LogP contribution in [0.25, 0.3) is 11.0 Å². The largest absolute Gasteiger partial charge is 0.370 e. The first-order valence-electron chi connectivity index (χ1n) is 5.55. The number of aromatic nitrogens is 4. The van der Waals surface area contributed by atoms with Gasteiger partial charge in [-0.25, -0.2) is 0 Å². The zero-order chi connectivity index (χ0) is 13.0. The number of carbonyl (C=O) groups is 1. The number of hydrogen-bond donors (Lipinski definition) is 3. The Balaban J connectivity index is 1.94. The number of aromatic amines is 1. The summed E-state index contributed by atoms with van der Waals surface area (Å²) in [5.41, 5.74) is 5.65. The second-order valence-corrected chi connectivity index (χ2v) is 4.16. The normalized spacial score (nSPS) is 10.7. The van der Waals surface area contributed by atoms with E-state index in [1.165, 1.54) is 0 Å². The molecule has 0 aliphatic rings. The van der Waals surface area contributed by atoms with Crippen LogP contribution in [0.15, 0.2) is 6.20 Å². The van der Waals surface area contributed by atoms with Crippen molar-refractivity contribution in [1.29, 1.82) is 0 Å². The van der Waals surface area contributed by atoms with Crippen molar-refractivity contribution in [3.63, 3.8) is 0 Å². The molecule has 0 unspecified atom stereocenters. The molecule has 0 saturated heterocycles. The number of nitrogens with zero attached hydrogens (tertiary/aromatic N) is 3. The molecular formula is C10H13ClN6O. The molecule has 1 amide bonds. The van der Waals surface area contributed by atoms with Gasteiger partial charge in [-0.3, -0.25) is 9.89 Å². The first-order chi connectivity index (χ1) is 8.66. The lowest BCUT2D eigenvalue weighted by Crippen LogP contribution is -2.11. The van der Waals surface area contributed by atoms with Crippen LogP contribution in [0.2, 0.25) is 5.28 Å². The highest BCUT2D eigenvalue weighted by molar-refractivity contribution is 6.28. The molecule has 0 aliphatic heterocycles. The van der Waals surface area contributed by atoms with Crippen molar-refractivity contribution < 1.29 is 4.79 Å². The minimum Gasteiger partial charge on any atom is -0.370 e. The Hall–Kier alpha value is -1.89. The van der Waals surface area contributed by atoms with E-state index in [0.29, 0.717) is 24.4 Å². The average Bonchev–Trinajstić information content (AvgIpc) is 2.75. The molecule has 96 valence electrons. The molecular weight excluding hydrogens is 256 g/mol. The van der Waals surface area contributed by atoms with Crippen LogP contribution in [0.3, 0.4) is 0 Å². The molecule has 2 aromatic rings. The van der Waals surface area contributed by atoms with Gasteiger partial charge in [0.1, 0.15) is 5.82 Å². The van der Waals surface area contributed by atoms with Gasteiger partial charge < -0.3 is 11.1 Å². The van der Waals surface area contributed by atoms with Crippen LogP contribution < -0.4 is 11.1 Å². The smallest absolute Gasteiger partial charge is 0.226 e. The summed E-state index contributed by atoms with van der Waals surface area (Å²) in [7, 11) is 0. The Labute approximate surface area is 108 Å². The summed E-state index contributed by atoms with van der Waals surface area (Å²) in [4.78, 5) is 18.7. The predicted molar refractivity (Wildman–Crippen MR) is 68.2 cm³/mol. The molecule has 18 heavy (non-hydrogen) atoms. The molecule has 0 fully saturated rings. The highest BCUT2D eigenvalue weighted by Gasteiger charge is 2.07. The lowest BCUT2D eigenvalue weighted by Gasteiger charge is -2.05. The molecule has 2 rings (SSSR count). The lowest BCUT2D eigenvalue weighted by molar-refractivity contribution is -0.118. The molecule has 0 aromatic carbocycles. The van der Waals surface area contributed by atoms with E-state index in [4.69, 9.17) is 17.3 Å². The minimum atomic E-state index is -0.280. The van der Waals surface area contributed by atoms with Crippen molar-refractivity contribution >= 4 is 34.4 Å². The molecule has 0 radical (unpaired) electrons. The number of hydrogen-bond acceptors (Lipinski definition) is 5. The quantitative estimate of drug-likeness (QED) is 0.536. The van der Waals surface area contributed by atoms with E-state index < -0.39 is 0 Å². The van der Waals surface area contributed by atoms with Crippen LogP contribution in [0.5, 0.6) is 0 Å². The summed E-state index contributed by atoms with van der Waals surface area (Å²) in [5.74, 6) is 0.357. The Morgan fingerprint density at radius 2 is 2.28 bits per heavy atom. The standard InChI is InChI=1S/C10H13ClN6O/c11-10-15-8(6-5-14-17-9(6)16-10)13-4-2-1-3-7(12)18/h5H,1-4H2,(H2,12,18)(H2,13,14,15,16,17). The van der Waals surface area contributed by atoms with Crippen LogP contribution in [-0.2, 0) is 4.79 Å². The van der Waals surface area contributed by atoms with E-state index in [1.807, 2.05) is 0 Å². The summed E-state index contributed by atoms with van der Waals surface area (Å²) in [6.45, 7) is 0.681. The minimum absolute atomic E-state index is 0.159. The SMILES string of the molecule is NC(=O)CCCCNc1nc(Cl)nc2[nH]ncc12. The van der Waals surface area contributed by atoms with Gasteiger partial charge in [0, 0.05) is 13.0 Å². The second kappa shape index (κ2) is 5.63. The van der Waals surface area contributed by atoms with Gasteiger partial charge in [0.2, 0.25) is 11.2 Å². The first kappa shape index (κ1) is 12.6. The number of anilines is 1. The molecule has 0 saturated carbocycles. The van der Waals surface area contributed by atoms with Crippen molar-refractivity contribution in [3.8, 4) is 0 Å². The number of nitrogens with one attached hydrogen (secondary N) is 2. The molecule has 0 aliphatic carbocycles. The maximum Gasteiger partial charge on any atom is 0.226 e. The average molecular weight is 269 g/mol. The van der Waals surface area contributed by atoms with E-state index in [9.17, 15) is 4.79 Å². The van der Waals surface area contributed by atoms with Crippen molar-refractivity contribution in [3.05, 3.63) is 11.5 Å². The summed E-state index contributed by atoms with van der Waals surface area (Å²) < 4.78 is 0. The Morgan fingerprint density at radius 1 is 1.44 bits per heavy atom. The molecule has 0 spiro atoms. The number of amides is 1. The number of rotatable bonds is 6. The van der Waals surface area contributed by atoms with E-state index in [0.717, 1.165) is 18.2 Å². The Morgan fingerprint density at radius 3 is 3.06 bits per heavy atom. The third-order valence-corrected chi connectivity index (χ3v) is 2.59. The van der Waals surface area contributed by atoms with E-state index in [-0.39, 0.29) is 11.2 Å². The second-order valence-electron chi connectivity index (χ2n) is 3.82. The Bertz CT molecular complexity index is 554. The fraction of sp³-hybridized carbons (Fsp3) is 0.400. The summed E-state index contributed by atoms with van der Waals surface area (Å²) in [6, 6.07) is 0. The number of primary amides is 1. The maximum atomic E-state index is 10.6.